The predicted octanol–water partition coefficient (Wildman–Crippen LogP) is 4.33. The van der Waals surface area contributed by atoms with Crippen molar-refractivity contribution >= 4 is 17.5 Å². The van der Waals surface area contributed by atoms with E-state index in [4.69, 9.17) is 0 Å². The molecule has 6 nitrogen and oxygen atoms in total. The van der Waals surface area contributed by atoms with Gasteiger partial charge in [0.2, 0.25) is 11.8 Å². The maximum Gasteiger partial charge on any atom is 0.232 e. The highest BCUT2D eigenvalue weighted by atomic mass is 19.1. The third kappa shape index (κ3) is 4.02. The Kier molecular flexibility index (Phi) is 5.47. The predicted molar refractivity (Wildman–Crippen MR) is 119 cm³/mol. The molecule has 0 saturated carbocycles. The minimum absolute atomic E-state index is 0.0191. The fourth-order valence-electron chi connectivity index (χ4n) is 4.61. The average molecular weight is 432 g/mol. The number of nitrogens with one attached hydrogen (secondary N) is 1. The number of aromatic nitrogens is 2. The van der Waals surface area contributed by atoms with E-state index in [0.717, 1.165) is 41.2 Å². The number of carbonyl (C=O) groups is 2. The van der Waals surface area contributed by atoms with Crippen LogP contribution in [0.5, 0.6) is 0 Å². The third-order valence-corrected chi connectivity index (χ3v) is 6.30. The van der Waals surface area contributed by atoms with Gasteiger partial charge in [0, 0.05) is 30.8 Å². The van der Waals surface area contributed by atoms with Crippen LogP contribution in [0.4, 0.5) is 10.1 Å². The first kappa shape index (κ1) is 20.4. The van der Waals surface area contributed by atoms with Crippen LogP contribution in [0.2, 0.25) is 0 Å². The second kappa shape index (κ2) is 8.57. The molecule has 2 aliphatic heterocycles. The Morgan fingerprint density at radius 3 is 2.78 bits per heavy atom. The summed E-state index contributed by atoms with van der Waals surface area (Å²) < 4.78 is 15.2. The number of anilines is 1. The van der Waals surface area contributed by atoms with Crippen molar-refractivity contribution in [3.05, 3.63) is 71.7 Å². The molecule has 0 radical (unpaired) electrons. The van der Waals surface area contributed by atoms with E-state index in [1.807, 2.05) is 39.9 Å². The summed E-state index contributed by atoms with van der Waals surface area (Å²) in [6.07, 6.45) is 2.59. The van der Waals surface area contributed by atoms with E-state index >= 15 is 0 Å². The molecule has 2 aromatic carbocycles. The zero-order valence-corrected chi connectivity index (χ0v) is 17.8. The molecule has 32 heavy (non-hydrogen) atoms. The lowest BCUT2D eigenvalue weighted by molar-refractivity contribution is -0.132. The maximum atomic E-state index is 13.2. The van der Waals surface area contributed by atoms with Gasteiger partial charge >= 0.3 is 0 Å². The van der Waals surface area contributed by atoms with Gasteiger partial charge in [0.15, 0.2) is 0 Å². The van der Waals surface area contributed by atoms with Gasteiger partial charge in [0.05, 0.1) is 23.9 Å². The van der Waals surface area contributed by atoms with E-state index in [2.05, 4.69) is 10.4 Å². The fraction of sp³-hybridized carbons (Fsp3) is 0.320. The number of carbonyl (C=O) groups excluding carboxylic acids is 2. The van der Waals surface area contributed by atoms with Gasteiger partial charge in [-0.25, -0.2) is 4.39 Å². The van der Waals surface area contributed by atoms with Gasteiger partial charge in [-0.1, -0.05) is 18.2 Å². The van der Waals surface area contributed by atoms with Crippen LogP contribution in [-0.2, 0) is 22.7 Å². The normalized spacial score (nSPS) is 17.5. The Labute approximate surface area is 186 Å². The molecule has 0 saturated heterocycles. The molecule has 1 N–H and O–H groups in total. The zero-order valence-electron chi connectivity index (χ0n) is 17.8. The van der Waals surface area contributed by atoms with Gasteiger partial charge in [0.1, 0.15) is 5.82 Å². The van der Waals surface area contributed by atoms with Crippen LogP contribution in [0, 0.1) is 5.82 Å². The number of fused-ring (bicyclic) bond motifs is 2. The molecule has 164 valence electrons. The number of nitrogens with zero attached hydrogens (tertiary/aromatic N) is 3. The summed E-state index contributed by atoms with van der Waals surface area (Å²) in [6, 6.07) is 16.0. The van der Waals surface area contributed by atoms with E-state index in [1.165, 1.54) is 12.1 Å². The Balaban J connectivity index is 1.21. The second-order valence-corrected chi connectivity index (χ2v) is 8.44. The van der Waals surface area contributed by atoms with Crippen LogP contribution < -0.4 is 5.32 Å². The molecule has 1 unspecified atom stereocenters. The Morgan fingerprint density at radius 2 is 1.94 bits per heavy atom. The van der Waals surface area contributed by atoms with E-state index in [0.29, 0.717) is 32.4 Å². The van der Waals surface area contributed by atoms with E-state index in [9.17, 15) is 14.0 Å². The van der Waals surface area contributed by atoms with Crippen LogP contribution in [-0.4, -0.2) is 33.0 Å². The Bertz CT molecular complexity index is 1160. The molecule has 0 aliphatic carbocycles. The highest BCUT2D eigenvalue weighted by Gasteiger charge is 2.30. The van der Waals surface area contributed by atoms with Crippen molar-refractivity contribution in [2.24, 2.45) is 0 Å². The van der Waals surface area contributed by atoms with Gasteiger partial charge in [-0.05, 0) is 61.2 Å². The molecule has 1 atom stereocenters. The molecule has 1 aromatic heterocycles. The summed E-state index contributed by atoms with van der Waals surface area (Å²) in [7, 11) is 0. The summed E-state index contributed by atoms with van der Waals surface area (Å²) in [5.41, 5.74) is 4.54. The number of para-hydroxylation sites is 1. The number of aryl methyl sites for hydroxylation is 1. The molecule has 2 amide bonds. The quantitative estimate of drug-likeness (QED) is 0.653. The topological polar surface area (TPSA) is 67.2 Å². The largest absolute Gasteiger partial charge is 0.337 e. The Hall–Kier alpha value is -3.48. The standard InChI is InChI=1S/C25H25FN4O2/c26-18-11-9-17(10-12-18)23-15-19-16-29(13-4-14-30(19)28-23)24(31)8-3-6-21-20-5-1-2-7-22(20)27-25(21)32/h1-2,5,7,9-12,15,21H,3-4,6,8,13-14,16H2,(H,27,32). The van der Waals surface area contributed by atoms with Crippen molar-refractivity contribution in [1.82, 2.24) is 14.7 Å². The van der Waals surface area contributed by atoms with E-state index in [1.54, 1.807) is 12.1 Å². The highest BCUT2D eigenvalue weighted by Crippen LogP contribution is 2.35. The maximum absolute atomic E-state index is 13.2. The number of hydrogen-bond donors (Lipinski definition) is 1. The summed E-state index contributed by atoms with van der Waals surface area (Å²) in [5, 5.41) is 7.58. The summed E-state index contributed by atoms with van der Waals surface area (Å²) in [4.78, 5) is 27.1. The minimum atomic E-state index is -0.273. The zero-order chi connectivity index (χ0) is 22.1. The first-order chi connectivity index (χ1) is 15.6. The summed E-state index contributed by atoms with van der Waals surface area (Å²) in [5.74, 6) is -0.326. The molecule has 0 bridgehead atoms. The number of benzene rings is 2. The van der Waals surface area contributed by atoms with Gasteiger partial charge in [-0.2, -0.15) is 5.10 Å². The van der Waals surface area contributed by atoms with Gasteiger partial charge < -0.3 is 10.2 Å². The molecule has 3 aromatic rings. The van der Waals surface area contributed by atoms with E-state index in [-0.39, 0.29) is 23.5 Å². The number of hydrogen-bond acceptors (Lipinski definition) is 3. The van der Waals surface area contributed by atoms with Crippen molar-refractivity contribution in [3.63, 3.8) is 0 Å². The van der Waals surface area contributed by atoms with Crippen molar-refractivity contribution < 1.29 is 14.0 Å². The first-order valence-electron chi connectivity index (χ1n) is 11.1. The smallest absolute Gasteiger partial charge is 0.232 e. The van der Waals surface area contributed by atoms with Gasteiger partial charge in [-0.3, -0.25) is 14.3 Å². The van der Waals surface area contributed by atoms with Crippen LogP contribution in [0.15, 0.2) is 54.6 Å². The lowest BCUT2D eigenvalue weighted by atomic mass is 9.95. The lowest BCUT2D eigenvalue weighted by Gasteiger charge is -2.20. The molecular weight excluding hydrogens is 407 g/mol. The minimum Gasteiger partial charge on any atom is -0.337 e. The molecular formula is C25H25FN4O2. The van der Waals surface area contributed by atoms with Crippen LogP contribution in [0.1, 0.15) is 42.9 Å². The lowest BCUT2D eigenvalue weighted by Crippen LogP contribution is -2.30. The molecule has 7 heteroatoms. The Morgan fingerprint density at radius 1 is 1.12 bits per heavy atom. The van der Waals surface area contributed by atoms with Gasteiger partial charge in [-0.15, -0.1) is 0 Å². The monoisotopic (exact) mass is 432 g/mol. The van der Waals surface area contributed by atoms with Crippen molar-refractivity contribution in [2.75, 3.05) is 11.9 Å². The molecule has 0 fully saturated rings. The van der Waals surface area contributed by atoms with Crippen LogP contribution in [0.3, 0.4) is 0 Å². The highest BCUT2D eigenvalue weighted by molar-refractivity contribution is 6.02. The van der Waals surface area contributed by atoms with Crippen molar-refractivity contribution in [1.29, 1.82) is 0 Å². The average Bonchev–Trinajstić information content (AvgIpc) is 3.27. The van der Waals surface area contributed by atoms with Crippen LogP contribution >= 0.6 is 0 Å². The SMILES string of the molecule is O=C1Nc2ccccc2C1CCCC(=O)N1CCCn2nc(-c3ccc(F)cc3)cc2C1. The summed E-state index contributed by atoms with van der Waals surface area (Å²) in [6.45, 7) is 1.96. The van der Waals surface area contributed by atoms with Crippen LogP contribution in [0.25, 0.3) is 11.3 Å². The van der Waals surface area contributed by atoms with E-state index < -0.39 is 0 Å². The second-order valence-electron chi connectivity index (χ2n) is 8.44. The number of halogens is 1. The molecule has 5 rings (SSSR count). The van der Waals surface area contributed by atoms with Crippen molar-refractivity contribution in [3.8, 4) is 11.3 Å². The van der Waals surface area contributed by atoms with Gasteiger partial charge in [0.25, 0.3) is 0 Å². The molecule has 2 aliphatic rings. The number of amides is 2. The first-order valence-corrected chi connectivity index (χ1v) is 11.1. The third-order valence-electron chi connectivity index (χ3n) is 6.30. The molecule has 3 heterocycles. The number of rotatable bonds is 5. The van der Waals surface area contributed by atoms with Crippen molar-refractivity contribution in [2.45, 2.75) is 44.7 Å². The fourth-order valence-corrected chi connectivity index (χ4v) is 4.61. The summed E-state index contributed by atoms with van der Waals surface area (Å²) >= 11 is 0. The molecule has 0 spiro atoms.